The monoisotopic (exact) mass is 291 g/mol. The molecule has 1 atom stereocenters. The van der Waals surface area contributed by atoms with Crippen LogP contribution in [0.15, 0.2) is 24.3 Å². The standard InChI is InChI=1S/C18H29NO2/c1-12(2)13-8-10-14(11-9-13)15(19)18(6,7)16(20)21-17(3,4)5/h8-12,15H,19H2,1-7H3/t15-/m1/s1. The van der Waals surface area contributed by atoms with Crippen LogP contribution in [0.4, 0.5) is 0 Å². The second-order valence-corrected chi connectivity index (χ2v) is 7.52. The van der Waals surface area contributed by atoms with E-state index in [1.807, 2.05) is 46.8 Å². The molecule has 21 heavy (non-hydrogen) atoms. The number of rotatable bonds is 4. The average molecular weight is 291 g/mol. The molecule has 2 N–H and O–H groups in total. The molecule has 1 aromatic rings. The van der Waals surface area contributed by atoms with E-state index in [1.165, 1.54) is 5.56 Å². The lowest BCUT2D eigenvalue weighted by molar-refractivity contribution is -0.167. The van der Waals surface area contributed by atoms with Crippen LogP contribution < -0.4 is 5.73 Å². The summed E-state index contributed by atoms with van der Waals surface area (Å²) < 4.78 is 5.49. The van der Waals surface area contributed by atoms with Crippen LogP contribution in [0.3, 0.4) is 0 Å². The first-order valence-electron chi connectivity index (χ1n) is 7.54. The molecule has 0 aliphatic rings. The summed E-state index contributed by atoms with van der Waals surface area (Å²) in [5, 5.41) is 0. The molecule has 3 nitrogen and oxygen atoms in total. The number of esters is 1. The highest BCUT2D eigenvalue weighted by molar-refractivity contribution is 5.77. The summed E-state index contributed by atoms with van der Waals surface area (Å²) >= 11 is 0. The second kappa shape index (κ2) is 6.18. The van der Waals surface area contributed by atoms with Crippen LogP contribution in [0.1, 0.15) is 71.6 Å². The number of ether oxygens (including phenoxy) is 1. The van der Waals surface area contributed by atoms with Gasteiger partial charge in [0.2, 0.25) is 0 Å². The largest absolute Gasteiger partial charge is 0.460 e. The second-order valence-electron chi connectivity index (χ2n) is 7.52. The molecule has 3 heteroatoms. The Labute approximate surface area is 128 Å². The van der Waals surface area contributed by atoms with Crippen LogP contribution in [-0.4, -0.2) is 11.6 Å². The summed E-state index contributed by atoms with van der Waals surface area (Å²) in [7, 11) is 0. The molecule has 0 aliphatic carbocycles. The van der Waals surface area contributed by atoms with Crippen LogP contribution >= 0.6 is 0 Å². The molecule has 0 saturated carbocycles. The quantitative estimate of drug-likeness (QED) is 0.847. The molecule has 0 aliphatic heterocycles. The van der Waals surface area contributed by atoms with E-state index < -0.39 is 17.1 Å². The predicted octanol–water partition coefficient (Wildman–Crippen LogP) is 4.18. The Morgan fingerprint density at radius 2 is 1.43 bits per heavy atom. The zero-order valence-corrected chi connectivity index (χ0v) is 14.4. The zero-order valence-electron chi connectivity index (χ0n) is 14.4. The molecule has 1 rings (SSSR count). The number of carbonyl (C=O) groups is 1. The fraction of sp³-hybridized carbons (Fsp3) is 0.611. The van der Waals surface area contributed by atoms with Gasteiger partial charge in [0.1, 0.15) is 5.60 Å². The summed E-state index contributed by atoms with van der Waals surface area (Å²) in [4.78, 5) is 12.4. The molecule has 0 fully saturated rings. The van der Waals surface area contributed by atoms with E-state index in [2.05, 4.69) is 26.0 Å². The Hall–Kier alpha value is -1.35. The minimum absolute atomic E-state index is 0.268. The van der Waals surface area contributed by atoms with Crippen molar-refractivity contribution in [3.8, 4) is 0 Å². The molecule has 0 amide bonds. The number of carbonyl (C=O) groups excluding carboxylic acids is 1. The van der Waals surface area contributed by atoms with Gasteiger partial charge in [0.05, 0.1) is 5.41 Å². The topological polar surface area (TPSA) is 52.3 Å². The maximum absolute atomic E-state index is 12.4. The highest BCUT2D eigenvalue weighted by Gasteiger charge is 2.38. The van der Waals surface area contributed by atoms with Gasteiger partial charge in [-0.1, -0.05) is 38.1 Å². The van der Waals surface area contributed by atoms with Gasteiger partial charge in [-0.05, 0) is 51.7 Å². The lowest BCUT2D eigenvalue weighted by Crippen LogP contribution is -2.41. The third-order valence-corrected chi connectivity index (χ3v) is 3.66. The van der Waals surface area contributed by atoms with Crippen molar-refractivity contribution in [3.05, 3.63) is 35.4 Å². The highest BCUT2D eigenvalue weighted by atomic mass is 16.6. The maximum atomic E-state index is 12.4. The number of nitrogens with two attached hydrogens (primary N) is 1. The van der Waals surface area contributed by atoms with E-state index in [0.717, 1.165) is 5.56 Å². The lowest BCUT2D eigenvalue weighted by Gasteiger charge is -2.33. The zero-order chi connectivity index (χ0) is 16.4. The SMILES string of the molecule is CC(C)c1ccc([C@@H](N)C(C)(C)C(=O)OC(C)(C)C)cc1. The van der Waals surface area contributed by atoms with E-state index in [0.29, 0.717) is 5.92 Å². The smallest absolute Gasteiger partial charge is 0.313 e. The van der Waals surface area contributed by atoms with E-state index in [4.69, 9.17) is 10.5 Å². The van der Waals surface area contributed by atoms with Crippen molar-refractivity contribution in [3.63, 3.8) is 0 Å². The Morgan fingerprint density at radius 3 is 1.81 bits per heavy atom. The molecular weight excluding hydrogens is 262 g/mol. The summed E-state index contributed by atoms with van der Waals surface area (Å²) in [6.45, 7) is 13.6. The normalized spacial score (nSPS) is 14.1. The molecule has 1 aromatic carbocycles. The van der Waals surface area contributed by atoms with Gasteiger partial charge in [-0.25, -0.2) is 0 Å². The third-order valence-electron chi connectivity index (χ3n) is 3.66. The predicted molar refractivity (Wildman–Crippen MR) is 87.1 cm³/mol. The van der Waals surface area contributed by atoms with E-state index in [-0.39, 0.29) is 5.97 Å². The Morgan fingerprint density at radius 1 is 1.00 bits per heavy atom. The number of benzene rings is 1. The van der Waals surface area contributed by atoms with Crippen molar-refractivity contribution in [2.24, 2.45) is 11.1 Å². The molecule has 0 saturated heterocycles. The molecule has 0 radical (unpaired) electrons. The molecule has 0 aromatic heterocycles. The fourth-order valence-electron chi connectivity index (χ4n) is 2.04. The maximum Gasteiger partial charge on any atom is 0.313 e. The van der Waals surface area contributed by atoms with Crippen LogP contribution in [0, 0.1) is 5.41 Å². The molecule has 0 spiro atoms. The molecular formula is C18H29NO2. The van der Waals surface area contributed by atoms with Crippen LogP contribution in [0.5, 0.6) is 0 Å². The molecule has 0 bridgehead atoms. The van der Waals surface area contributed by atoms with Crippen molar-refractivity contribution >= 4 is 5.97 Å². The van der Waals surface area contributed by atoms with Gasteiger partial charge in [-0.3, -0.25) is 4.79 Å². The van der Waals surface area contributed by atoms with Gasteiger partial charge in [0, 0.05) is 6.04 Å². The summed E-state index contributed by atoms with van der Waals surface area (Å²) in [6.07, 6.45) is 0. The summed E-state index contributed by atoms with van der Waals surface area (Å²) in [6, 6.07) is 7.77. The third kappa shape index (κ3) is 4.57. The van der Waals surface area contributed by atoms with Crippen molar-refractivity contribution < 1.29 is 9.53 Å². The Balaban J connectivity index is 2.94. The minimum atomic E-state index is -0.771. The Bertz CT molecular complexity index is 481. The van der Waals surface area contributed by atoms with Crippen LogP contribution in [0.2, 0.25) is 0 Å². The van der Waals surface area contributed by atoms with Crippen LogP contribution in [0.25, 0.3) is 0 Å². The summed E-state index contributed by atoms with van der Waals surface area (Å²) in [5.74, 6) is 0.213. The van der Waals surface area contributed by atoms with Gasteiger partial charge in [-0.15, -0.1) is 0 Å². The highest BCUT2D eigenvalue weighted by Crippen LogP contribution is 2.34. The number of hydrogen-bond donors (Lipinski definition) is 1. The fourth-order valence-corrected chi connectivity index (χ4v) is 2.04. The Kier molecular flexibility index (Phi) is 5.21. The van der Waals surface area contributed by atoms with Gasteiger partial charge in [-0.2, -0.15) is 0 Å². The molecule has 118 valence electrons. The van der Waals surface area contributed by atoms with Gasteiger partial charge < -0.3 is 10.5 Å². The van der Waals surface area contributed by atoms with Crippen LogP contribution in [-0.2, 0) is 9.53 Å². The first-order chi connectivity index (χ1) is 9.45. The van der Waals surface area contributed by atoms with Gasteiger partial charge >= 0.3 is 5.97 Å². The minimum Gasteiger partial charge on any atom is -0.460 e. The average Bonchev–Trinajstić information content (AvgIpc) is 2.35. The first-order valence-corrected chi connectivity index (χ1v) is 7.54. The first kappa shape index (κ1) is 17.7. The van der Waals surface area contributed by atoms with Crippen molar-refractivity contribution in [1.82, 2.24) is 0 Å². The van der Waals surface area contributed by atoms with E-state index in [1.54, 1.807) is 0 Å². The van der Waals surface area contributed by atoms with E-state index >= 15 is 0 Å². The van der Waals surface area contributed by atoms with Crippen molar-refractivity contribution in [1.29, 1.82) is 0 Å². The van der Waals surface area contributed by atoms with Gasteiger partial charge in [0.15, 0.2) is 0 Å². The van der Waals surface area contributed by atoms with Crippen molar-refractivity contribution in [2.45, 2.75) is 66.0 Å². The van der Waals surface area contributed by atoms with Crippen molar-refractivity contribution in [2.75, 3.05) is 0 Å². The molecule has 0 heterocycles. The lowest BCUT2D eigenvalue weighted by atomic mass is 9.80. The summed E-state index contributed by atoms with van der Waals surface area (Å²) in [5.41, 5.74) is 7.26. The molecule has 0 unspecified atom stereocenters. The van der Waals surface area contributed by atoms with Gasteiger partial charge in [0.25, 0.3) is 0 Å². The number of hydrogen-bond acceptors (Lipinski definition) is 3. The van der Waals surface area contributed by atoms with E-state index in [9.17, 15) is 4.79 Å².